The van der Waals surface area contributed by atoms with Crippen molar-refractivity contribution in [2.45, 2.75) is 25.6 Å². The highest BCUT2D eigenvalue weighted by Crippen LogP contribution is 2.33. The molecule has 0 bridgehead atoms. The van der Waals surface area contributed by atoms with Gasteiger partial charge in [0, 0.05) is 0 Å². The predicted molar refractivity (Wildman–Crippen MR) is 51.1 cm³/mol. The van der Waals surface area contributed by atoms with Gasteiger partial charge in [0.2, 0.25) is 0 Å². The molecule has 0 aromatic heterocycles. The normalized spacial score (nSPS) is 26.0. The zero-order valence-electron chi connectivity index (χ0n) is 6.38. The summed E-state index contributed by atoms with van der Waals surface area (Å²) < 4.78 is 5.83. The summed E-state index contributed by atoms with van der Waals surface area (Å²) in [5.74, 6) is -0.431. The summed E-state index contributed by atoms with van der Waals surface area (Å²) >= 11 is 6.23. The fourth-order valence-corrected chi connectivity index (χ4v) is 1.78. The van der Waals surface area contributed by atoms with E-state index in [0.717, 1.165) is 0 Å². The first-order valence-electron chi connectivity index (χ1n) is 3.52. The molecular weight excluding hydrogens is 292 g/mol. The van der Waals surface area contributed by atoms with Crippen LogP contribution >= 0.6 is 31.9 Å². The van der Waals surface area contributed by atoms with Crippen molar-refractivity contribution in [2.24, 2.45) is 0 Å². The van der Waals surface area contributed by atoms with E-state index >= 15 is 0 Å². The molecule has 12 heavy (non-hydrogen) atoms. The molecule has 0 aliphatic carbocycles. The molecule has 3 nitrogen and oxygen atoms in total. The standard InChI is InChI=1S/C7H8Br2O3/c1-2-3(10)6-4(8)5(9)7(11)12-6/h3,6,10H,2H2,1H3. The number of cyclic esters (lactones) is 1. The number of carbonyl (C=O) groups excluding carboxylic acids is 1. The molecule has 1 N–H and O–H groups in total. The number of rotatable bonds is 2. The molecule has 2 atom stereocenters. The molecule has 1 rings (SSSR count). The van der Waals surface area contributed by atoms with E-state index in [1.165, 1.54) is 0 Å². The van der Waals surface area contributed by atoms with Crippen molar-refractivity contribution < 1.29 is 14.6 Å². The van der Waals surface area contributed by atoms with Crippen molar-refractivity contribution in [1.82, 2.24) is 0 Å². The lowest BCUT2D eigenvalue weighted by molar-refractivity contribution is -0.143. The molecule has 2 unspecified atom stereocenters. The van der Waals surface area contributed by atoms with E-state index in [1.54, 1.807) is 0 Å². The average molecular weight is 300 g/mol. The Morgan fingerprint density at radius 2 is 2.25 bits per heavy atom. The third-order valence-corrected chi connectivity index (χ3v) is 3.77. The third-order valence-electron chi connectivity index (χ3n) is 1.64. The van der Waals surface area contributed by atoms with Gasteiger partial charge in [0.1, 0.15) is 4.48 Å². The predicted octanol–water partition coefficient (Wildman–Crippen LogP) is 1.68. The monoisotopic (exact) mass is 298 g/mol. The number of halogens is 2. The SMILES string of the molecule is CCC(O)C1OC(=O)C(Br)=C1Br. The molecule has 1 aliphatic rings. The molecule has 0 fully saturated rings. The highest BCUT2D eigenvalue weighted by molar-refractivity contribution is 9.14. The first-order chi connectivity index (χ1) is 5.57. The molecule has 0 spiro atoms. The molecular formula is C7H8Br2O3. The lowest BCUT2D eigenvalue weighted by Crippen LogP contribution is -2.26. The summed E-state index contributed by atoms with van der Waals surface area (Å²) in [6.07, 6.45) is -0.636. The fraction of sp³-hybridized carbons (Fsp3) is 0.571. The van der Waals surface area contributed by atoms with Gasteiger partial charge in [-0.2, -0.15) is 0 Å². The Kier molecular flexibility index (Phi) is 3.31. The van der Waals surface area contributed by atoms with Crippen molar-refractivity contribution >= 4 is 37.8 Å². The molecule has 68 valence electrons. The quantitative estimate of drug-likeness (QED) is 0.789. The van der Waals surface area contributed by atoms with Gasteiger partial charge in [0.05, 0.1) is 10.6 Å². The topological polar surface area (TPSA) is 46.5 Å². The van der Waals surface area contributed by atoms with Gasteiger partial charge in [-0.15, -0.1) is 0 Å². The van der Waals surface area contributed by atoms with Crippen LogP contribution in [0.2, 0.25) is 0 Å². The van der Waals surface area contributed by atoms with E-state index in [9.17, 15) is 9.90 Å². The second kappa shape index (κ2) is 3.89. The number of aliphatic hydroxyl groups is 1. The Bertz CT molecular complexity index is 237. The number of hydrogen-bond acceptors (Lipinski definition) is 3. The van der Waals surface area contributed by atoms with Gasteiger partial charge in [-0.25, -0.2) is 4.79 Å². The second-order valence-corrected chi connectivity index (χ2v) is 4.11. The van der Waals surface area contributed by atoms with Crippen LogP contribution in [0, 0.1) is 0 Å². The van der Waals surface area contributed by atoms with Crippen LogP contribution in [0.1, 0.15) is 13.3 Å². The summed E-state index contributed by atoms with van der Waals surface area (Å²) in [4.78, 5) is 10.9. The Morgan fingerprint density at radius 3 is 2.58 bits per heavy atom. The number of hydrogen-bond donors (Lipinski definition) is 1. The van der Waals surface area contributed by atoms with Gasteiger partial charge in [-0.1, -0.05) is 6.92 Å². The van der Waals surface area contributed by atoms with Crippen LogP contribution in [0.15, 0.2) is 8.96 Å². The van der Waals surface area contributed by atoms with Crippen molar-refractivity contribution in [1.29, 1.82) is 0 Å². The first-order valence-corrected chi connectivity index (χ1v) is 5.10. The molecule has 0 saturated carbocycles. The Labute approximate surface area is 87.0 Å². The molecule has 0 amide bonds. The van der Waals surface area contributed by atoms with Gasteiger partial charge in [-0.05, 0) is 38.3 Å². The summed E-state index contributed by atoms with van der Waals surface area (Å²) in [5, 5.41) is 9.40. The van der Waals surface area contributed by atoms with Gasteiger partial charge in [0.25, 0.3) is 0 Å². The maximum absolute atomic E-state index is 10.9. The second-order valence-electron chi connectivity index (χ2n) is 2.46. The number of aliphatic hydroxyl groups excluding tert-OH is 1. The summed E-state index contributed by atoms with van der Waals surface area (Å²) in [6.45, 7) is 1.82. The number of ether oxygens (including phenoxy) is 1. The van der Waals surface area contributed by atoms with Crippen LogP contribution in [-0.2, 0) is 9.53 Å². The van der Waals surface area contributed by atoms with Crippen molar-refractivity contribution in [3.05, 3.63) is 8.96 Å². The molecule has 0 aromatic rings. The zero-order valence-corrected chi connectivity index (χ0v) is 9.55. The smallest absolute Gasteiger partial charge is 0.346 e. The maximum atomic E-state index is 10.9. The van der Waals surface area contributed by atoms with E-state index in [0.29, 0.717) is 15.4 Å². The van der Waals surface area contributed by atoms with E-state index in [-0.39, 0.29) is 0 Å². The number of carbonyl (C=O) groups is 1. The van der Waals surface area contributed by atoms with Crippen LogP contribution in [0.25, 0.3) is 0 Å². The first kappa shape index (κ1) is 10.2. The van der Waals surface area contributed by atoms with Crippen LogP contribution in [0.3, 0.4) is 0 Å². The van der Waals surface area contributed by atoms with E-state index in [1.807, 2.05) is 6.92 Å². The molecule has 0 saturated heterocycles. The summed E-state index contributed by atoms with van der Waals surface area (Å²) in [6, 6.07) is 0. The van der Waals surface area contributed by atoms with Gasteiger partial charge < -0.3 is 9.84 Å². The Balaban J connectivity index is 2.80. The summed E-state index contributed by atoms with van der Waals surface area (Å²) in [7, 11) is 0. The molecule has 0 aromatic carbocycles. The van der Waals surface area contributed by atoms with Crippen LogP contribution < -0.4 is 0 Å². The molecule has 5 heteroatoms. The molecule has 1 heterocycles. The van der Waals surface area contributed by atoms with Crippen molar-refractivity contribution in [2.75, 3.05) is 0 Å². The Morgan fingerprint density at radius 1 is 1.67 bits per heavy atom. The minimum atomic E-state index is -0.640. The van der Waals surface area contributed by atoms with Crippen LogP contribution in [-0.4, -0.2) is 23.3 Å². The van der Waals surface area contributed by atoms with Crippen LogP contribution in [0.4, 0.5) is 0 Å². The van der Waals surface area contributed by atoms with Gasteiger partial charge in [-0.3, -0.25) is 0 Å². The summed E-state index contributed by atoms with van der Waals surface area (Å²) in [5.41, 5.74) is 0. The molecule has 1 aliphatic heterocycles. The largest absolute Gasteiger partial charge is 0.450 e. The van der Waals surface area contributed by atoms with Crippen molar-refractivity contribution in [3.8, 4) is 0 Å². The molecule has 0 radical (unpaired) electrons. The average Bonchev–Trinajstić information content (AvgIpc) is 2.32. The van der Waals surface area contributed by atoms with Crippen molar-refractivity contribution in [3.63, 3.8) is 0 Å². The van der Waals surface area contributed by atoms with Crippen LogP contribution in [0.5, 0.6) is 0 Å². The van der Waals surface area contributed by atoms with Gasteiger partial charge in [0.15, 0.2) is 6.10 Å². The maximum Gasteiger partial charge on any atom is 0.346 e. The fourth-order valence-electron chi connectivity index (χ4n) is 0.903. The Hall–Kier alpha value is 0.130. The highest BCUT2D eigenvalue weighted by Gasteiger charge is 2.35. The van der Waals surface area contributed by atoms with Gasteiger partial charge >= 0.3 is 5.97 Å². The third kappa shape index (κ3) is 1.72. The lowest BCUT2D eigenvalue weighted by atomic mass is 10.1. The minimum Gasteiger partial charge on any atom is -0.450 e. The van der Waals surface area contributed by atoms with E-state index in [2.05, 4.69) is 31.9 Å². The van der Waals surface area contributed by atoms with E-state index < -0.39 is 18.2 Å². The minimum absolute atomic E-state index is 0.361. The highest BCUT2D eigenvalue weighted by atomic mass is 79.9. The van der Waals surface area contributed by atoms with E-state index in [4.69, 9.17) is 4.74 Å². The number of esters is 1. The zero-order chi connectivity index (χ0) is 9.30. The lowest BCUT2D eigenvalue weighted by Gasteiger charge is -2.15.